The molecule has 0 saturated carbocycles. The molecule has 1 rings (SSSR count). The molecule has 0 aliphatic heterocycles. The van der Waals surface area contributed by atoms with Crippen molar-refractivity contribution in [2.24, 2.45) is 0 Å². The SMILES string of the molecule is C=C(/C=C/N(C)C)c1ccc(F)cc1. The van der Waals surface area contributed by atoms with E-state index < -0.39 is 0 Å². The molecular weight excluding hydrogens is 177 g/mol. The van der Waals surface area contributed by atoms with Gasteiger partial charge in [0.05, 0.1) is 0 Å². The van der Waals surface area contributed by atoms with Crippen molar-refractivity contribution in [3.63, 3.8) is 0 Å². The van der Waals surface area contributed by atoms with E-state index in [0.717, 1.165) is 11.1 Å². The molecule has 0 atom stereocenters. The zero-order valence-electron chi connectivity index (χ0n) is 8.50. The third-order valence-electron chi connectivity index (χ3n) is 1.79. The molecule has 0 aromatic heterocycles. The Morgan fingerprint density at radius 2 is 1.86 bits per heavy atom. The smallest absolute Gasteiger partial charge is 0.123 e. The summed E-state index contributed by atoms with van der Waals surface area (Å²) in [7, 11) is 3.88. The van der Waals surface area contributed by atoms with Gasteiger partial charge in [0.2, 0.25) is 0 Å². The topological polar surface area (TPSA) is 3.24 Å². The number of benzene rings is 1. The van der Waals surface area contributed by atoms with Gasteiger partial charge in [0, 0.05) is 14.1 Å². The second-order valence-electron chi connectivity index (χ2n) is 3.31. The lowest BCUT2D eigenvalue weighted by atomic mass is 10.1. The summed E-state index contributed by atoms with van der Waals surface area (Å²) in [6.07, 6.45) is 3.80. The van der Waals surface area contributed by atoms with Crippen molar-refractivity contribution >= 4 is 5.57 Å². The van der Waals surface area contributed by atoms with Crippen LogP contribution in [0.5, 0.6) is 0 Å². The zero-order chi connectivity index (χ0) is 10.6. The van der Waals surface area contributed by atoms with E-state index in [-0.39, 0.29) is 5.82 Å². The molecule has 0 unspecified atom stereocenters. The highest BCUT2D eigenvalue weighted by molar-refractivity contribution is 5.71. The first kappa shape index (κ1) is 10.5. The number of hydrogen-bond donors (Lipinski definition) is 0. The van der Waals surface area contributed by atoms with Gasteiger partial charge in [-0.2, -0.15) is 0 Å². The largest absolute Gasteiger partial charge is 0.383 e. The number of hydrogen-bond acceptors (Lipinski definition) is 1. The van der Waals surface area contributed by atoms with Crippen LogP contribution in [0.15, 0.2) is 43.1 Å². The Morgan fingerprint density at radius 3 is 2.36 bits per heavy atom. The van der Waals surface area contributed by atoms with Gasteiger partial charge in [0.1, 0.15) is 5.82 Å². The van der Waals surface area contributed by atoms with Crippen LogP contribution in [-0.4, -0.2) is 19.0 Å². The molecular formula is C12H14FN. The van der Waals surface area contributed by atoms with Gasteiger partial charge in [-0.15, -0.1) is 0 Å². The van der Waals surface area contributed by atoms with Crippen LogP contribution in [0.3, 0.4) is 0 Å². The van der Waals surface area contributed by atoms with Gasteiger partial charge in [0.25, 0.3) is 0 Å². The monoisotopic (exact) mass is 191 g/mol. The number of halogens is 1. The average molecular weight is 191 g/mol. The molecule has 14 heavy (non-hydrogen) atoms. The predicted octanol–water partition coefficient (Wildman–Crippen LogP) is 2.91. The summed E-state index contributed by atoms with van der Waals surface area (Å²) in [4.78, 5) is 1.93. The number of nitrogens with zero attached hydrogens (tertiary/aromatic N) is 1. The molecule has 0 aliphatic carbocycles. The molecule has 74 valence electrons. The highest BCUT2D eigenvalue weighted by Crippen LogP contribution is 2.13. The maximum Gasteiger partial charge on any atom is 0.123 e. The van der Waals surface area contributed by atoms with Crippen molar-refractivity contribution in [2.75, 3.05) is 14.1 Å². The molecule has 1 aromatic carbocycles. The molecule has 0 radical (unpaired) electrons. The summed E-state index contributed by atoms with van der Waals surface area (Å²) in [6.45, 7) is 3.89. The standard InChI is InChI=1S/C12H14FN/c1-10(8-9-14(2)3)11-4-6-12(13)7-5-11/h4-9H,1H2,2-3H3/b9-8+. The molecule has 0 saturated heterocycles. The lowest BCUT2D eigenvalue weighted by molar-refractivity contribution is 0.564. The summed E-state index contributed by atoms with van der Waals surface area (Å²) in [6, 6.07) is 6.31. The lowest BCUT2D eigenvalue weighted by Gasteiger charge is -2.05. The Hall–Kier alpha value is -1.57. The van der Waals surface area contributed by atoms with E-state index in [4.69, 9.17) is 0 Å². The van der Waals surface area contributed by atoms with Gasteiger partial charge in [-0.3, -0.25) is 0 Å². The zero-order valence-corrected chi connectivity index (χ0v) is 8.50. The molecule has 0 heterocycles. The Bertz CT molecular complexity index is 336. The van der Waals surface area contributed by atoms with Crippen LogP contribution in [0.1, 0.15) is 5.56 Å². The first-order chi connectivity index (χ1) is 6.59. The molecule has 0 N–H and O–H groups in total. The van der Waals surface area contributed by atoms with E-state index >= 15 is 0 Å². The third kappa shape index (κ3) is 3.05. The minimum absolute atomic E-state index is 0.224. The molecule has 0 fully saturated rings. The number of rotatable bonds is 3. The fraction of sp³-hybridized carbons (Fsp3) is 0.167. The summed E-state index contributed by atoms with van der Waals surface area (Å²) in [5.74, 6) is -0.224. The quantitative estimate of drug-likeness (QED) is 0.664. The molecule has 2 heteroatoms. The first-order valence-electron chi connectivity index (χ1n) is 4.39. The predicted molar refractivity (Wildman–Crippen MR) is 58.3 cm³/mol. The van der Waals surface area contributed by atoms with E-state index in [1.807, 2.05) is 31.3 Å². The average Bonchev–Trinajstić information content (AvgIpc) is 2.15. The van der Waals surface area contributed by atoms with Crippen molar-refractivity contribution in [1.29, 1.82) is 0 Å². The van der Waals surface area contributed by atoms with Crippen LogP contribution in [-0.2, 0) is 0 Å². The van der Waals surface area contributed by atoms with Crippen LogP contribution in [0, 0.1) is 5.82 Å². The fourth-order valence-electron chi connectivity index (χ4n) is 0.999. The van der Waals surface area contributed by atoms with Gasteiger partial charge in [-0.25, -0.2) is 4.39 Å². The highest BCUT2D eigenvalue weighted by atomic mass is 19.1. The Labute approximate surface area is 84.2 Å². The van der Waals surface area contributed by atoms with Gasteiger partial charge >= 0.3 is 0 Å². The summed E-state index contributed by atoms with van der Waals surface area (Å²) in [5, 5.41) is 0. The van der Waals surface area contributed by atoms with Crippen molar-refractivity contribution in [1.82, 2.24) is 4.90 Å². The van der Waals surface area contributed by atoms with E-state index in [1.165, 1.54) is 12.1 Å². The Balaban J connectivity index is 2.75. The summed E-state index contributed by atoms with van der Waals surface area (Å²) in [5.41, 5.74) is 1.81. The first-order valence-corrected chi connectivity index (χ1v) is 4.39. The minimum Gasteiger partial charge on any atom is -0.383 e. The molecule has 0 aliphatic rings. The van der Waals surface area contributed by atoms with Crippen molar-refractivity contribution < 1.29 is 4.39 Å². The van der Waals surface area contributed by atoms with Crippen molar-refractivity contribution in [3.8, 4) is 0 Å². The summed E-state index contributed by atoms with van der Waals surface area (Å²) >= 11 is 0. The Kier molecular flexibility index (Phi) is 3.46. The van der Waals surface area contributed by atoms with E-state index in [9.17, 15) is 4.39 Å². The van der Waals surface area contributed by atoms with Crippen molar-refractivity contribution in [3.05, 3.63) is 54.5 Å². The number of allylic oxidation sites excluding steroid dienone is 2. The van der Waals surface area contributed by atoms with Crippen molar-refractivity contribution in [2.45, 2.75) is 0 Å². The van der Waals surface area contributed by atoms with Gasteiger partial charge in [-0.05, 0) is 35.5 Å². The lowest BCUT2D eigenvalue weighted by Crippen LogP contribution is -1.99. The maximum absolute atomic E-state index is 12.6. The minimum atomic E-state index is -0.224. The normalized spacial score (nSPS) is 10.5. The second kappa shape index (κ2) is 4.61. The van der Waals surface area contributed by atoms with Crippen LogP contribution in [0.2, 0.25) is 0 Å². The molecule has 0 spiro atoms. The summed E-state index contributed by atoms with van der Waals surface area (Å²) < 4.78 is 12.6. The van der Waals surface area contributed by atoms with Gasteiger partial charge in [0.15, 0.2) is 0 Å². The van der Waals surface area contributed by atoms with Crippen LogP contribution in [0.4, 0.5) is 4.39 Å². The maximum atomic E-state index is 12.6. The van der Waals surface area contributed by atoms with Gasteiger partial charge in [-0.1, -0.05) is 18.7 Å². The van der Waals surface area contributed by atoms with Gasteiger partial charge < -0.3 is 4.90 Å². The van der Waals surface area contributed by atoms with E-state index in [1.54, 1.807) is 12.1 Å². The third-order valence-corrected chi connectivity index (χ3v) is 1.79. The second-order valence-corrected chi connectivity index (χ2v) is 3.31. The molecule has 1 nitrogen and oxygen atoms in total. The van der Waals surface area contributed by atoms with Crippen LogP contribution in [0.25, 0.3) is 5.57 Å². The molecule has 0 bridgehead atoms. The molecule has 1 aromatic rings. The Morgan fingerprint density at radius 1 is 1.29 bits per heavy atom. The van der Waals surface area contributed by atoms with Crippen LogP contribution >= 0.6 is 0 Å². The van der Waals surface area contributed by atoms with E-state index in [2.05, 4.69) is 6.58 Å². The van der Waals surface area contributed by atoms with Crippen LogP contribution < -0.4 is 0 Å². The van der Waals surface area contributed by atoms with E-state index in [0.29, 0.717) is 0 Å². The highest BCUT2D eigenvalue weighted by Gasteiger charge is 1.95. The fourth-order valence-corrected chi connectivity index (χ4v) is 0.999. The molecule has 0 amide bonds.